The zero-order valence-corrected chi connectivity index (χ0v) is 10.1. The third-order valence-electron chi connectivity index (χ3n) is 1.66. The maximum Gasteiger partial charge on any atom is 0.304 e. The Balaban J connectivity index is 3.20. The molecule has 1 aromatic rings. The standard InChI is InChI=1S/C8H10N2O4S2/c1-3-4-9-8-6(10(11)12)5-7(15-8)16(2,13)14/h3,5,9H,1,4H2,2H3. The van der Waals surface area contributed by atoms with Crippen molar-refractivity contribution in [2.45, 2.75) is 4.21 Å². The Morgan fingerprint density at radius 3 is 2.75 bits per heavy atom. The minimum atomic E-state index is -3.41. The Hall–Kier alpha value is -1.41. The van der Waals surface area contributed by atoms with E-state index in [1.807, 2.05) is 0 Å². The highest BCUT2D eigenvalue weighted by molar-refractivity contribution is 7.92. The van der Waals surface area contributed by atoms with Gasteiger partial charge in [0.2, 0.25) is 0 Å². The SMILES string of the molecule is C=CCNc1sc(S(C)(=O)=O)cc1[N+](=O)[O-]. The van der Waals surface area contributed by atoms with E-state index in [0.29, 0.717) is 6.54 Å². The lowest BCUT2D eigenvalue weighted by Crippen LogP contribution is -1.98. The van der Waals surface area contributed by atoms with Crippen LogP contribution >= 0.6 is 11.3 Å². The van der Waals surface area contributed by atoms with Crippen LogP contribution in [0, 0.1) is 10.1 Å². The van der Waals surface area contributed by atoms with Gasteiger partial charge < -0.3 is 5.32 Å². The fraction of sp³-hybridized carbons (Fsp3) is 0.250. The summed E-state index contributed by atoms with van der Waals surface area (Å²) in [5.41, 5.74) is -0.229. The first-order valence-electron chi connectivity index (χ1n) is 4.19. The van der Waals surface area contributed by atoms with Gasteiger partial charge in [-0.3, -0.25) is 10.1 Å². The predicted molar refractivity (Wildman–Crippen MR) is 62.8 cm³/mol. The van der Waals surface area contributed by atoms with Crippen LogP contribution in [0.5, 0.6) is 0 Å². The predicted octanol–water partition coefficient (Wildman–Crippen LogP) is 1.66. The number of nitro groups is 1. The number of sulfone groups is 1. The van der Waals surface area contributed by atoms with Crippen LogP contribution in [0.4, 0.5) is 10.7 Å². The van der Waals surface area contributed by atoms with Crippen molar-refractivity contribution in [1.29, 1.82) is 0 Å². The molecule has 0 aliphatic rings. The molecule has 16 heavy (non-hydrogen) atoms. The van der Waals surface area contributed by atoms with Gasteiger partial charge in [-0.2, -0.15) is 0 Å². The maximum atomic E-state index is 11.2. The van der Waals surface area contributed by atoms with Gasteiger partial charge in [-0.25, -0.2) is 8.42 Å². The Labute approximate surface area is 96.7 Å². The van der Waals surface area contributed by atoms with Gasteiger partial charge in [0, 0.05) is 18.9 Å². The summed E-state index contributed by atoms with van der Waals surface area (Å²) in [4.78, 5) is 10.1. The third-order valence-corrected chi connectivity index (χ3v) is 4.54. The molecular weight excluding hydrogens is 252 g/mol. The van der Waals surface area contributed by atoms with Gasteiger partial charge in [0.15, 0.2) is 14.8 Å². The number of rotatable bonds is 5. The minimum Gasteiger partial charge on any atom is -0.368 e. The van der Waals surface area contributed by atoms with E-state index in [4.69, 9.17) is 0 Å². The van der Waals surface area contributed by atoms with E-state index in [9.17, 15) is 18.5 Å². The molecule has 0 radical (unpaired) electrons. The van der Waals surface area contributed by atoms with Gasteiger partial charge in [0.25, 0.3) is 0 Å². The number of nitrogens with one attached hydrogen (secondary N) is 1. The maximum absolute atomic E-state index is 11.2. The summed E-state index contributed by atoms with van der Waals surface area (Å²) < 4.78 is 22.4. The van der Waals surface area contributed by atoms with E-state index < -0.39 is 14.8 Å². The van der Waals surface area contributed by atoms with Crippen molar-refractivity contribution in [3.63, 3.8) is 0 Å². The molecule has 0 spiro atoms. The number of hydrogen-bond acceptors (Lipinski definition) is 6. The molecular formula is C8H10N2O4S2. The van der Waals surface area contributed by atoms with E-state index in [1.54, 1.807) is 0 Å². The summed E-state index contributed by atoms with van der Waals surface area (Å²) in [6.45, 7) is 3.80. The molecule has 0 amide bonds. The van der Waals surface area contributed by atoms with Gasteiger partial charge in [-0.05, 0) is 0 Å². The van der Waals surface area contributed by atoms with Gasteiger partial charge >= 0.3 is 5.69 Å². The lowest BCUT2D eigenvalue weighted by Gasteiger charge is -1.97. The van der Waals surface area contributed by atoms with Crippen molar-refractivity contribution in [3.8, 4) is 0 Å². The molecule has 0 aliphatic heterocycles. The van der Waals surface area contributed by atoms with Crippen molar-refractivity contribution in [2.24, 2.45) is 0 Å². The quantitative estimate of drug-likeness (QED) is 0.495. The topological polar surface area (TPSA) is 89.3 Å². The van der Waals surface area contributed by atoms with E-state index in [2.05, 4.69) is 11.9 Å². The second-order valence-corrected chi connectivity index (χ2v) is 6.27. The first-order valence-corrected chi connectivity index (χ1v) is 6.90. The van der Waals surface area contributed by atoms with Crippen LogP contribution in [-0.2, 0) is 9.84 Å². The molecule has 0 fully saturated rings. The molecule has 1 heterocycles. The first kappa shape index (κ1) is 12.7. The van der Waals surface area contributed by atoms with E-state index in [-0.39, 0.29) is 14.9 Å². The fourth-order valence-electron chi connectivity index (χ4n) is 0.969. The van der Waals surface area contributed by atoms with Crippen LogP contribution in [0.1, 0.15) is 0 Å². The number of nitrogens with zero attached hydrogens (tertiary/aromatic N) is 1. The van der Waals surface area contributed by atoms with Crippen LogP contribution in [0.3, 0.4) is 0 Å². The molecule has 1 N–H and O–H groups in total. The van der Waals surface area contributed by atoms with Gasteiger partial charge in [-0.1, -0.05) is 17.4 Å². The van der Waals surface area contributed by atoms with Crippen LogP contribution < -0.4 is 5.32 Å². The molecule has 1 rings (SSSR count). The van der Waals surface area contributed by atoms with E-state index in [0.717, 1.165) is 23.7 Å². The highest BCUT2D eigenvalue weighted by atomic mass is 32.2. The molecule has 88 valence electrons. The van der Waals surface area contributed by atoms with Crippen molar-refractivity contribution < 1.29 is 13.3 Å². The number of hydrogen-bond donors (Lipinski definition) is 1. The average molecular weight is 262 g/mol. The average Bonchev–Trinajstić information content (AvgIpc) is 2.57. The number of anilines is 1. The van der Waals surface area contributed by atoms with Crippen molar-refractivity contribution in [2.75, 3.05) is 18.1 Å². The summed E-state index contributed by atoms with van der Waals surface area (Å²) in [5, 5.41) is 13.6. The van der Waals surface area contributed by atoms with Crippen LogP contribution in [0.25, 0.3) is 0 Å². The zero-order chi connectivity index (χ0) is 12.3. The van der Waals surface area contributed by atoms with E-state index in [1.165, 1.54) is 6.08 Å². The molecule has 6 nitrogen and oxygen atoms in total. The monoisotopic (exact) mass is 262 g/mol. The number of thiophene rings is 1. The van der Waals surface area contributed by atoms with Crippen molar-refractivity contribution in [1.82, 2.24) is 0 Å². The Bertz CT molecular complexity index is 518. The first-order chi connectivity index (χ1) is 7.36. The highest BCUT2D eigenvalue weighted by Gasteiger charge is 2.23. The lowest BCUT2D eigenvalue weighted by molar-refractivity contribution is -0.383. The lowest BCUT2D eigenvalue weighted by atomic mass is 10.5. The van der Waals surface area contributed by atoms with Crippen molar-refractivity contribution in [3.05, 3.63) is 28.8 Å². The normalized spacial score (nSPS) is 11.1. The highest BCUT2D eigenvalue weighted by Crippen LogP contribution is 2.36. The summed E-state index contributed by atoms with van der Waals surface area (Å²) >= 11 is 0.846. The Morgan fingerprint density at radius 2 is 2.31 bits per heavy atom. The summed E-state index contributed by atoms with van der Waals surface area (Å²) in [6.07, 6.45) is 2.55. The van der Waals surface area contributed by atoms with Crippen LogP contribution in [0.2, 0.25) is 0 Å². The van der Waals surface area contributed by atoms with Crippen LogP contribution in [-0.4, -0.2) is 26.1 Å². The second kappa shape index (κ2) is 4.62. The second-order valence-electron chi connectivity index (χ2n) is 2.98. The molecule has 8 heteroatoms. The smallest absolute Gasteiger partial charge is 0.304 e. The fourth-order valence-corrected chi connectivity index (χ4v) is 2.92. The molecule has 0 atom stereocenters. The molecule has 0 saturated carbocycles. The van der Waals surface area contributed by atoms with Gasteiger partial charge in [0.05, 0.1) is 4.92 Å². The van der Waals surface area contributed by atoms with Crippen molar-refractivity contribution >= 4 is 31.9 Å². The third kappa shape index (κ3) is 2.80. The minimum absolute atomic E-state index is 0.0224. The Kier molecular flexibility index (Phi) is 3.66. The molecule has 0 aliphatic carbocycles. The summed E-state index contributed by atoms with van der Waals surface area (Å²) in [5.74, 6) is 0. The van der Waals surface area contributed by atoms with Gasteiger partial charge in [-0.15, -0.1) is 6.58 Å². The Morgan fingerprint density at radius 1 is 1.69 bits per heavy atom. The molecule has 0 unspecified atom stereocenters. The van der Waals surface area contributed by atoms with Gasteiger partial charge in [0.1, 0.15) is 4.21 Å². The molecule has 0 aromatic carbocycles. The largest absolute Gasteiger partial charge is 0.368 e. The zero-order valence-electron chi connectivity index (χ0n) is 8.47. The summed E-state index contributed by atoms with van der Waals surface area (Å²) in [7, 11) is -3.41. The van der Waals surface area contributed by atoms with Crippen LogP contribution in [0.15, 0.2) is 22.9 Å². The molecule has 1 aromatic heterocycles. The summed E-state index contributed by atoms with van der Waals surface area (Å²) in [6, 6.07) is 1.06. The molecule has 0 bridgehead atoms. The molecule has 0 saturated heterocycles. The van der Waals surface area contributed by atoms with E-state index >= 15 is 0 Å².